The van der Waals surface area contributed by atoms with E-state index >= 15 is 0 Å². The molecular formula is C15H17NO5S. The first kappa shape index (κ1) is 16.4. The molecule has 2 N–H and O–H groups in total. The van der Waals surface area contributed by atoms with Gasteiger partial charge in [0, 0.05) is 23.3 Å². The van der Waals surface area contributed by atoms with Crippen molar-refractivity contribution in [1.29, 1.82) is 0 Å². The van der Waals surface area contributed by atoms with E-state index in [1.807, 2.05) is 13.0 Å². The summed E-state index contributed by atoms with van der Waals surface area (Å²) in [4.78, 5) is 14.7. The Morgan fingerprint density at radius 2 is 2.05 bits per heavy atom. The average molecular weight is 323 g/mol. The van der Waals surface area contributed by atoms with E-state index in [-0.39, 0.29) is 11.3 Å². The molecule has 0 radical (unpaired) electrons. The predicted molar refractivity (Wildman–Crippen MR) is 83.1 cm³/mol. The molecule has 0 spiro atoms. The van der Waals surface area contributed by atoms with Gasteiger partial charge in [0.05, 0.1) is 10.6 Å². The minimum atomic E-state index is -4.25. The fourth-order valence-corrected chi connectivity index (χ4v) is 2.86. The third-order valence-electron chi connectivity index (χ3n) is 3.43. The summed E-state index contributed by atoms with van der Waals surface area (Å²) in [5, 5.41) is 8.59. The van der Waals surface area contributed by atoms with Crippen LogP contribution in [0.2, 0.25) is 0 Å². The Morgan fingerprint density at radius 1 is 1.32 bits per heavy atom. The van der Waals surface area contributed by atoms with Gasteiger partial charge in [-0.15, -0.1) is 0 Å². The van der Waals surface area contributed by atoms with E-state index in [1.165, 1.54) is 12.1 Å². The monoisotopic (exact) mass is 323 g/mol. The fraction of sp³-hybridized carbons (Fsp3) is 0.333. The molecule has 7 heteroatoms. The number of unbranched alkanes of at least 4 members (excludes halogenated alkanes) is 2. The highest BCUT2D eigenvalue weighted by atomic mass is 32.2. The van der Waals surface area contributed by atoms with Crippen LogP contribution in [0.5, 0.6) is 0 Å². The highest BCUT2D eigenvalue weighted by Gasteiger charge is 2.20. The molecule has 2 rings (SSSR count). The second-order valence-corrected chi connectivity index (χ2v) is 6.53. The lowest BCUT2D eigenvalue weighted by molar-refractivity contribution is -0.137. The first-order valence-corrected chi connectivity index (χ1v) is 8.32. The summed E-state index contributed by atoms with van der Waals surface area (Å²) in [6, 6.07) is 4.29. The number of carbonyl (C=O) groups is 1. The summed E-state index contributed by atoms with van der Waals surface area (Å²) >= 11 is 0. The Hall–Kier alpha value is -1.99. The van der Waals surface area contributed by atoms with Gasteiger partial charge in [0.25, 0.3) is 10.1 Å². The highest BCUT2D eigenvalue weighted by molar-refractivity contribution is 7.85. The fourth-order valence-electron chi connectivity index (χ4n) is 2.35. The molecule has 22 heavy (non-hydrogen) atoms. The van der Waals surface area contributed by atoms with Crippen LogP contribution >= 0.6 is 0 Å². The molecule has 118 valence electrons. The van der Waals surface area contributed by atoms with Crippen molar-refractivity contribution in [2.24, 2.45) is 4.99 Å². The van der Waals surface area contributed by atoms with Crippen LogP contribution in [-0.4, -0.2) is 29.8 Å². The summed E-state index contributed by atoms with van der Waals surface area (Å²) in [5.41, 5.74) is 2.95. The Morgan fingerprint density at radius 3 is 2.68 bits per heavy atom. The van der Waals surface area contributed by atoms with E-state index in [4.69, 9.17) is 9.66 Å². The van der Waals surface area contributed by atoms with Gasteiger partial charge in [-0.1, -0.05) is 6.08 Å². The van der Waals surface area contributed by atoms with Crippen LogP contribution < -0.4 is 0 Å². The molecule has 0 saturated carbocycles. The molecule has 1 aliphatic rings. The smallest absolute Gasteiger partial charge is 0.303 e. The number of carboxylic acid groups (broad SMARTS) is 1. The minimum Gasteiger partial charge on any atom is -0.481 e. The zero-order valence-electron chi connectivity index (χ0n) is 12.1. The molecular weight excluding hydrogens is 306 g/mol. The van der Waals surface area contributed by atoms with Gasteiger partial charge in [-0.2, -0.15) is 8.42 Å². The number of fused-ring (bicyclic) bond motifs is 1. The van der Waals surface area contributed by atoms with Crippen LogP contribution in [0.4, 0.5) is 5.69 Å². The molecule has 0 fully saturated rings. The van der Waals surface area contributed by atoms with Crippen molar-refractivity contribution in [3.63, 3.8) is 0 Å². The lowest BCUT2D eigenvalue weighted by atomic mass is 10.0. The Kier molecular flexibility index (Phi) is 4.77. The van der Waals surface area contributed by atoms with Crippen LogP contribution in [-0.2, 0) is 14.9 Å². The normalized spacial score (nSPS) is 15.7. The first-order chi connectivity index (χ1) is 10.3. The van der Waals surface area contributed by atoms with E-state index < -0.39 is 16.1 Å². The SMILES string of the molecule is CC1=Nc2ccc(S(=O)(=O)O)cc2/C1=C\CCCCC(=O)O. The lowest BCUT2D eigenvalue weighted by Gasteiger charge is -2.04. The van der Waals surface area contributed by atoms with Gasteiger partial charge in [0.2, 0.25) is 0 Å². The molecule has 0 aliphatic carbocycles. The molecule has 1 heterocycles. The number of allylic oxidation sites excluding steroid dienone is 2. The molecule has 1 aromatic carbocycles. The molecule has 0 bridgehead atoms. The van der Waals surface area contributed by atoms with E-state index in [0.29, 0.717) is 24.1 Å². The van der Waals surface area contributed by atoms with E-state index in [9.17, 15) is 13.2 Å². The highest BCUT2D eigenvalue weighted by Crippen LogP contribution is 2.36. The summed E-state index contributed by atoms with van der Waals surface area (Å²) in [7, 11) is -4.25. The van der Waals surface area contributed by atoms with Crippen molar-refractivity contribution < 1.29 is 22.9 Å². The van der Waals surface area contributed by atoms with Crippen molar-refractivity contribution in [1.82, 2.24) is 0 Å². The third kappa shape index (κ3) is 3.80. The summed E-state index contributed by atoms with van der Waals surface area (Å²) in [5.74, 6) is -0.811. The number of aliphatic carboxylic acids is 1. The maximum Gasteiger partial charge on any atom is 0.303 e. The zero-order valence-corrected chi connectivity index (χ0v) is 12.9. The summed E-state index contributed by atoms with van der Waals surface area (Å²) in [6.45, 7) is 1.83. The topological polar surface area (TPSA) is 104 Å². The number of nitrogens with zero attached hydrogens (tertiary/aromatic N) is 1. The number of hydrogen-bond acceptors (Lipinski definition) is 4. The first-order valence-electron chi connectivity index (χ1n) is 6.88. The second kappa shape index (κ2) is 6.41. The second-order valence-electron chi connectivity index (χ2n) is 5.11. The summed E-state index contributed by atoms with van der Waals surface area (Å²) < 4.78 is 31.6. The van der Waals surface area contributed by atoms with E-state index in [0.717, 1.165) is 17.7 Å². The molecule has 0 saturated heterocycles. The van der Waals surface area contributed by atoms with E-state index in [2.05, 4.69) is 4.99 Å². The molecule has 1 aliphatic heterocycles. The van der Waals surface area contributed by atoms with Crippen LogP contribution in [0.25, 0.3) is 5.57 Å². The maximum atomic E-state index is 11.2. The van der Waals surface area contributed by atoms with Crippen LogP contribution in [0.1, 0.15) is 38.2 Å². The Balaban J connectivity index is 2.18. The predicted octanol–water partition coefficient (Wildman–Crippen LogP) is 3.07. The van der Waals surface area contributed by atoms with Gasteiger partial charge < -0.3 is 5.11 Å². The van der Waals surface area contributed by atoms with Crippen molar-refractivity contribution in [2.75, 3.05) is 0 Å². The van der Waals surface area contributed by atoms with Crippen LogP contribution in [0, 0.1) is 0 Å². The van der Waals surface area contributed by atoms with Gasteiger partial charge in [0.15, 0.2) is 0 Å². The Bertz CT molecular complexity index is 762. The summed E-state index contributed by atoms with van der Waals surface area (Å²) in [6.07, 6.45) is 4.08. The van der Waals surface area contributed by atoms with Gasteiger partial charge in [0.1, 0.15) is 0 Å². The quantitative estimate of drug-likeness (QED) is 0.618. The molecule has 0 amide bonds. The lowest BCUT2D eigenvalue weighted by Crippen LogP contribution is -1.99. The maximum absolute atomic E-state index is 11.2. The molecule has 0 aromatic heterocycles. The van der Waals surface area contributed by atoms with Crippen molar-refractivity contribution in [3.05, 3.63) is 29.8 Å². The number of benzene rings is 1. The molecule has 6 nitrogen and oxygen atoms in total. The van der Waals surface area contributed by atoms with Gasteiger partial charge in [-0.05, 0) is 44.4 Å². The number of rotatable bonds is 6. The van der Waals surface area contributed by atoms with E-state index in [1.54, 1.807) is 6.07 Å². The van der Waals surface area contributed by atoms with Crippen molar-refractivity contribution in [2.45, 2.75) is 37.5 Å². The zero-order chi connectivity index (χ0) is 16.3. The standard InChI is InChI=1S/C15H17NO5S/c1-10-12(5-3-2-4-6-15(17)18)13-9-11(22(19,20)21)7-8-14(13)16-10/h5,7-9H,2-4,6H2,1H3,(H,17,18)(H,19,20,21)/b12-5-. The van der Waals surface area contributed by atoms with Gasteiger partial charge >= 0.3 is 5.97 Å². The van der Waals surface area contributed by atoms with Crippen LogP contribution in [0.15, 0.2) is 34.2 Å². The molecule has 0 atom stereocenters. The average Bonchev–Trinajstić information content (AvgIpc) is 2.72. The molecule has 0 unspecified atom stereocenters. The largest absolute Gasteiger partial charge is 0.481 e. The number of aliphatic imine (C=N–C) groups is 1. The molecule has 1 aromatic rings. The van der Waals surface area contributed by atoms with Gasteiger partial charge in [-0.3, -0.25) is 14.3 Å². The van der Waals surface area contributed by atoms with Crippen molar-refractivity contribution in [3.8, 4) is 0 Å². The third-order valence-corrected chi connectivity index (χ3v) is 4.28. The number of hydrogen-bond donors (Lipinski definition) is 2. The van der Waals surface area contributed by atoms with Crippen molar-refractivity contribution >= 4 is 33.1 Å². The van der Waals surface area contributed by atoms with Crippen LogP contribution in [0.3, 0.4) is 0 Å². The number of carboxylic acids is 1. The minimum absolute atomic E-state index is 0.139. The van der Waals surface area contributed by atoms with Gasteiger partial charge in [-0.25, -0.2) is 0 Å². The Labute approximate surface area is 129 Å².